The lowest BCUT2D eigenvalue weighted by molar-refractivity contribution is 0.414. The molecule has 1 nitrogen and oxygen atoms in total. The summed E-state index contributed by atoms with van der Waals surface area (Å²) in [6.45, 7) is 4.53. The third-order valence-corrected chi connectivity index (χ3v) is 3.35. The highest BCUT2D eigenvalue weighted by Gasteiger charge is 2.28. The average Bonchev–Trinajstić information content (AvgIpc) is 2.60. The van der Waals surface area contributed by atoms with E-state index in [0.29, 0.717) is 0 Å². The number of hydrogen-bond acceptors (Lipinski definition) is 1. The quantitative estimate of drug-likeness (QED) is 0.664. The molecule has 1 aliphatic rings. The van der Waals surface area contributed by atoms with Gasteiger partial charge < -0.3 is 4.74 Å². The molecule has 0 unspecified atom stereocenters. The number of methoxy groups -OCH3 is 1. The van der Waals surface area contributed by atoms with Crippen molar-refractivity contribution in [2.24, 2.45) is 0 Å². The molecule has 15 heavy (non-hydrogen) atoms. The van der Waals surface area contributed by atoms with E-state index in [4.69, 9.17) is 4.74 Å². The van der Waals surface area contributed by atoms with E-state index in [0.717, 1.165) is 5.75 Å². The van der Waals surface area contributed by atoms with Gasteiger partial charge >= 0.3 is 0 Å². The Morgan fingerprint density at radius 3 is 2.33 bits per heavy atom. The van der Waals surface area contributed by atoms with Crippen molar-refractivity contribution in [3.63, 3.8) is 0 Å². The van der Waals surface area contributed by atoms with Crippen LogP contribution in [0.3, 0.4) is 0 Å². The fourth-order valence-corrected chi connectivity index (χ4v) is 2.34. The van der Waals surface area contributed by atoms with E-state index in [2.05, 4.69) is 32.1 Å². The first-order valence-corrected chi connectivity index (χ1v) is 5.47. The van der Waals surface area contributed by atoms with E-state index < -0.39 is 0 Å². The zero-order valence-electron chi connectivity index (χ0n) is 9.71. The summed E-state index contributed by atoms with van der Waals surface area (Å²) in [4.78, 5) is 0. The van der Waals surface area contributed by atoms with Gasteiger partial charge in [-0.3, -0.25) is 0 Å². The number of benzene rings is 1. The van der Waals surface area contributed by atoms with Gasteiger partial charge in [0.25, 0.3) is 0 Å². The molecule has 80 valence electrons. The van der Waals surface area contributed by atoms with Gasteiger partial charge in [-0.2, -0.15) is 0 Å². The molecule has 1 aliphatic carbocycles. The largest absolute Gasteiger partial charge is 0.497 e. The van der Waals surface area contributed by atoms with Crippen molar-refractivity contribution in [2.75, 3.05) is 7.11 Å². The van der Waals surface area contributed by atoms with Gasteiger partial charge in [0.2, 0.25) is 0 Å². The third kappa shape index (κ3) is 1.92. The molecule has 0 aliphatic heterocycles. The number of hydrogen-bond donors (Lipinski definition) is 0. The Kier molecular flexibility index (Phi) is 2.56. The molecule has 2 rings (SSSR count). The number of ether oxygens (including phenoxy) is 1. The lowest BCUT2D eigenvalue weighted by Crippen LogP contribution is -2.15. The van der Waals surface area contributed by atoms with Gasteiger partial charge in [-0.1, -0.05) is 30.7 Å². The second kappa shape index (κ2) is 3.73. The van der Waals surface area contributed by atoms with E-state index in [1.54, 1.807) is 7.11 Å². The Morgan fingerprint density at radius 2 is 1.87 bits per heavy atom. The normalized spacial score (nSPS) is 25.1. The van der Waals surface area contributed by atoms with Crippen LogP contribution >= 0.6 is 0 Å². The van der Waals surface area contributed by atoms with Crippen molar-refractivity contribution in [3.8, 4) is 5.75 Å². The maximum Gasteiger partial charge on any atom is 0.118 e. The van der Waals surface area contributed by atoms with Crippen molar-refractivity contribution in [1.29, 1.82) is 0 Å². The topological polar surface area (TPSA) is 9.23 Å². The number of allylic oxidation sites excluding steroid dienone is 2. The van der Waals surface area contributed by atoms with Crippen LogP contribution in [-0.2, 0) is 5.41 Å². The number of rotatable bonds is 2. The van der Waals surface area contributed by atoms with Gasteiger partial charge in [0.15, 0.2) is 0 Å². The molecule has 1 aromatic rings. The molecular formula is C14H18O. The maximum absolute atomic E-state index is 5.17. The Bertz CT molecular complexity index is 375. The molecular weight excluding hydrogens is 184 g/mol. The fourth-order valence-electron chi connectivity index (χ4n) is 2.34. The smallest absolute Gasteiger partial charge is 0.118 e. The van der Waals surface area contributed by atoms with Crippen molar-refractivity contribution in [3.05, 3.63) is 41.5 Å². The van der Waals surface area contributed by atoms with Crippen LogP contribution in [0.25, 0.3) is 0 Å². The summed E-state index contributed by atoms with van der Waals surface area (Å²) in [6.07, 6.45) is 4.85. The van der Waals surface area contributed by atoms with Crippen molar-refractivity contribution < 1.29 is 4.74 Å². The molecule has 0 radical (unpaired) electrons. The van der Waals surface area contributed by atoms with Gasteiger partial charge in [-0.25, -0.2) is 0 Å². The summed E-state index contributed by atoms with van der Waals surface area (Å²) in [6, 6.07) is 8.44. The minimum atomic E-state index is 0.232. The Hall–Kier alpha value is -1.24. The van der Waals surface area contributed by atoms with E-state index in [9.17, 15) is 0 Å². The van der Waals surface area contributed by atoms with Crippen LogP contribution in [0.4, 0.5) is 0 Å². The van der Waals surface area contributed by atoms with Crippen LogP contribution in [0.5, 0.6) is 5.75 Å². The zero-order chi connectivity index (χ0) is 10.9. The monoisotopic (exact) mass is 202 g/mol. The Labute approximate surface area is 91.8 Å². The van der Waals surface area contributed by atoms with Crippen LogP contribution in [0.1, 0.15) is 32.3 Å². The van der Waals surface area contributed by atoms with E-state index in [1.165, 1.54) is 24.0 Å². The van der Waals surface area contributed by atoms with Gasteiger partial charge in [0.1, 0.15) is 5.75 Å². The van der Waals surface area contributed by atoms with E-state index >= 15 is 0 Å². The summed E-state index contributed by atoms with van der Waals surface area (Å²) < 4.78 is 5.17. The SMILES string of the molecule is COc1ccc([C@]2(C)C=C(C)CC2)cc1. The zero-order valence-corrected chi connectivity index (χ0v) is 9.71. The van der Waals surface area contributed by atoms with Crippen LogP contribution in [-0.4, -0.2) is 7.11 Å². The highest BCUT2D eigenvalue weighted by molar-refractivity contribution is 5.38. The minimum absolute atomic E-state index is 0.232. The molecule has 0 heterocycles. The molecule has 1 aromatic carbocycles. The summed E-state index contributed by atoms with van der Waals surface area (Å²) >= 11 is 0. The molecule has 0 bridgehead atoms. The maximum atomic E-state index is 5.17. The first-order chi connectivity index (χ1) is 7.14. The predicted octanol–water partition coefficient (Wildman–Crippen LogP) is 3.69. The lowest BCUT2D eigenvalue weighted by atomic mass is 9.82. The van der Waals surface area contributed by atoms with E-state index in [-0.39, 0.29) is 5.41 Å². The predicted molar refractivity (Wildman–Crippen MR) is 63.3 cm³/mol. The average molecular weight is 202 g/mol. The molecule has 0 spiro atoms. The molecule has 0 saturated carbocycles. The highest BCUT2D eigenvalue weighted by atomic mass is 16.5. The summed E-state index contributed by atoms with van der Waals surface area (Å²) in [5, 5.41) is 0. The third-order valence-electron chi connectivity index (χ3n) is 3.35. The first kappa shape index (κ1) is 10.3. The molecule has 1 atom stereocenters. The first-order valence-electron chi connectivity index (χ1n) is 5.47. The van der Waals surface area contributed by atoms with Crippen molar-refractivity contribution >= 4 is 0 Å². The van der Waals surface area contributed by atoms with E-state index in [1.807, 2.05) is 12.1 Å². The minimum Gasteiger partial charge on any atom is -0.497 e. The lowest BCUT2D eigenvalue weighted by Gasteiger charge is -2.22. The molecule has 0 saturated heterocycles. The molecule has 0 fully saturated rings. The van der Waals surface area contributed by atoms with Gasteiger partial charge in [-0.05, 0) is 37.5 Å². The molecule has 0 aromatic heterocycles. The second-order valence-corrected chi connectivity index (χ2v) is 4.64. The summed E-state index contributed by atoms with van der Waals surface area (Å²) in [7, 11) is 1.70. The summed E-state index contributed by atoms with van der Waals surface area (Å²) in [5.74, 6) is 0.932. The second-order valence-electron chi connectivity index (χ2n) is 4.64. The standard InChI is InChI=1S/C14H18O/c1-11-8-9-14(2,10-11)12-4-6-13(15-3)7-5-12/h4-7,10H,8-9H2,1-3H3/t14-/m0/s1. The van der Waals surface area contributed by atoms with Gasteiger partial charge in [0.05, 0.1) is 7.11 Å². The van der Waals surface area contributed by atoms with Crippen molar-refractivity contribution in [2.45, 2.75) is 32.1 Å². The highest BCUT2D eigenvalue weighted by Crippen LogP contribution is 2.38. The van der Waals surface area contributed by atoms with Gasteiger partial charge in [-0.15, -0.1) is 0 Å². The van der Waals surface area contributed by atoms with Crippen LogP contribution in [0, 0.1) is 0 Å². The summed E-state index contributed by atoms with van der Waals surface area (Å²) in [5.41, 5.74) is 3.13. The van der Waals surface area contributed by atoms with Crippen LogP contribution in [0.15, 0.2) is 35.9 Å². The molecule has 0 N–H and O–H groups in total. The molecule has 1 heteroatoms. The molecule has 0 amide bonds. The Balaban J connectivity index is 2.30. The van der Waals surface area contributed by atoms with Crippen molar-refractivity contribution in [1.82, 2.24) is 0 Å². The van der Waals surface area contributed by atoms with Crippen LogP contribution < -0.4 is 4.74 Å². The van der Waals surface area contributed by atoms with Crippen LogP contribution in [0.2, 0.25) is 0 Å². The fraction of sp³-hybridized carbons (Fsp3) is 0.429. The van der Waals surface area contributed by atoms with Gasteiger partial charge in [0, 0.05) is 5.41 Å². The Morgan fingerprint density at radius 1 is 1.20 bits per heavy atom.